The van der Waals surface area contributed by atoms with Crippen LogP contribution in [0.5, 0.6) is 0 Å². The minimum Gasteiger partial charge on any atom is -0.381 e. The maximum atomic E-state index is 7.62. The van der Waals surface area contributed by atoms with Crippen LogP contribution in [0.4, 0.5) is 0 Å². The number of pyridine rings is 1. The number of fused-ring (bicyclic) bond motifs is 1. The fraction of sp³-hybridized carbons (Fsp3) is 0. The van der Waals surface area contributed by atoms with E-state index in [1.807, 2.05) is 42.5 Å². The fourth-order valence-electron chi connectivity index (χ4n) is 1.92. The molecule has 0 amide bonds. The highest BCUT2D eigenvalue weighted by Gasteiger charge is 2.14. The molecule has 0 aliphatic rings. The predicted octanol–water partition coefficient (Wildman–Crippen LogP) is 1.70. The Balaban J connectivity index is 2.38. The zero-order valence-electron chi connectivity index (χ0n) is 9.54. The average Bonchev–Trinajstić information content (AvgIpc) is 2.79. The second-order valence-electron chi connectivity index (χ2n) is 3.86. The summed E-state index contributed by atoms with van der Waals surface area (Å²) in [5.41, 5.74) is 7.28. The van der Waals surface area contributed by atoms with Crippen molar-refractivity contribution in [2.75, 3.05) is 0 Å². The number of nitrogens with zero attached hydrogens (tertiary/aromatic N) is 3. The number of hydrogen-bond acceptors (Lipinski definition) is 3. The zero-order chi connectivity index (χ0) is 12.5. The van der Waals surface area contributed by atoms with E-state index < -0.39 is 0 Å². The van der Waals surface area contributed by atoms with Crippen molar-refractivity contribution in [3.8, 4) is 5.82 Å². The molecule has 3 N–H and O–H groups in total. The van der Waals surface area contributed by atoms with Gasteiger partial charge in [-0.3, -0.25) is 9.98 Å². The van der Waals surface area contributed by atoms with Crippen LogP contribution in [0, 0.1) is 5.41 Å². The van der Waals surface area contributed by atoms with Crippen molar-refractivity contribution >= 4 is 16.9 Å². The standard InChI is InChI=1S/C13H11N5/c14-12(15)13-17-9-5-1-2-6-10(9)18(13)11-7-3-4-8-16-11/h1-8H,(H3,14,15). The molecule has 0 spiro atoms. The fourth-order valence-corrected chi connectivity index (χ4v) is 1.92. The molecule has 0 saturated heterocycles. The van der Waals surface area contributed by atoms with Crippen LogP contribution < -0.4 is 5.73 Å². The van der Waals surface area contributed by atoms with Gasteiger partial charge in [-0.05, 0) is 24.3 Å². The van der Waals surface area contributed by atoms with Crippen molar-refractivity contribution in [3.63, 3.8) is 0 Å². The Morgan fingerprint density at radius 1 is 1.11 bits per heavy atom. The van der Waals surface area contributed by atoms with Crippen molar-refractivity contribution < 1.29 is 0 Å². The van der Waals surface area contributed by atoms with Crippen LogP contribution in [0.1, 0.15) is 5.82 Å². The summed E-state index contributed by atoms with van der Waals surface area (Å²) >= 11 is 0. The molecule has 0 saturated carbocycles. The van der Waals surface area contributed by atoms with Gasteiger partial charge >= 0.3 is 0 Å². The monoisotopic (exact) mass is 237 g/mol. The van der Waals surface area contributed by atoms with Crippen LogP contribution in [0.15, 0.2) is 48.7 Å². The second-order valence-corrected chi connectivity index (χ2v) is 3.86. The molecular formula is C13H11N5. The molecule has 1 aromatic carbocycles. The number of nitrogens with one attached hydrogen (secondary N) is 1. The Morgan fingerprint density at radius 3 is 2.61 bits per heavy atom. The molecule has 5 heteroatoms. The third-order valence-corrected chi connectivity index (χ3v) is 2.68. The number of imidazole rings is 1. The zero-order valence-corrected chi connectivity index (χ0v) is 9.54. The third kappa shape index (κ3) is 1.53. The Labute approximate surface area is 103 Å². The van der Waals surface area contributed by atoms with Crippen LogP contribution in [0.2, 0.25) is 0 Å². The molecule has 2 aromatic heterocycles. The average molecular weight is 237 g/mol. The summed E-state index contributed by atoms with van der Waals surface area (Å²) in [6.45, 7) is 0. The minimum atomic E-state index is -0.0724. The number of benzene rings is 1. The lowest BCUT2D eigenvalue weighted by molar-refractivity contribution is 0.997. The Hall–Kier alpha value is -2.69. The van der Waals surface area contributed by atoms with E-state index in [4.69, 9.17) is 11.1 Å². The van der Waals surface area contributed by atoms with Gasteiger partial charge in [0.1, 0.15) is 5.82 Å². The third-order valence-electron chi connectivity index (χ3n) is 2.68. The number of rotatable bonds is 2. The normalized spacial score (nSPS) is 10.7. The molecule has 0 aliphatic heterocycles. The highest BCUT2D eigenvalue weighted by Crippen LogP contribution is 2.19. The molecular weight excluding hydrogens is 226 g/mol. The van der Waals surface area contributed by atoms with E-state index in [1.165, 1.54) is 0 Å². The summed E-state index contributed by atoms with van der Waals surface area (Å²) in [5, 5.41) is 7.62. The van der Waals surface area contributed by atoms with Gasteiger partial charge in [0.25, 0.3) is 0 Å². The lowest BCUT2D eigenvalue weighted by Gasteiger charge is -2.06. The van der Waals surface area contributed by atoms with Crippen LogP contribution >= 0.6 is 0 Å². The van der Waals surface area contributed by atoms with E-state index in [0.29, 0.717) is 11.6 Å². The molecule has 0 unspecified atom stereocenters. The number of para-hydroxylation sites is 2. The maximum Gasteiger partial charge on any atom is 0.181 e. The molecule has 3 aromatic rings. The van der Waals surface area contributed by atoms with Gasteiger partial charge in [-0.15, -0.1) is 0 Å². The van der Waals surface area contributed by atoms with Crippen molar-refractivity contribution in [2.45, 2.75) is 0 Å². The molecule has 88 valence electrons. The van der Waals surface area contributed by atoms with E-state index in [0.717, 1.165) is 11.0 Å². The number of nitrogen functional groups attached to an aromatic ring is 1. The first-order chi connectivity index (χ1) is 8.77. The molecule has 0 bridgehead atoms. The molecule has 2 heterocycles. The first kappa shape index (κ1) is 10.5. The largest absolute Gasteiger partial charge is 0.381 e. The van der Waals surface area contributed by atoms with Crippen molar-refractivity contribution in [2.24, 2.45) is 5.73 Å². The Morgan fingerprint density at radius 2 is 1.89 bits per heavy atom. The van der Waals surface area contributed by atoms with E-state index in [2.05, 4.69) is 9.97 Å². The lowest BCUT2D eigenvalue weighted by atomic mass is 10.3. The second kappa shape index (κ2) is 3.96. The number of nitrogens with two attached hydrogens (primary N) is 1. The number of aromatic nitrogens is 3. The maximum absolute atomic E-state index is 7.62. The number of amidine groups is 1. The summed E-state index contributed by atoms with van der Waals surface area (Å²) in [5.74, 6) is 1.04. The summed E-state index contributed by atoms with van der Waals surface area (Å²) in [4.78, 5) is 8.65. The van der Waals surface area contributed by atoms with Gasteiger partial charge in [0.2, 0.25) is 0 Å². The van der Waals surface area contributed by atoms with Gasteiger partial charge in [0.05, 0.1) is 11.0 Å². The first-order valence-corrected chi connectivity index (χ1v) is 5.50. The molecule has 0 radical (unpaired) electrons. The highest BCUT2D eigenvalue weighted by atomic mass is 15.2. The molecule has 5 nitrogen and oxygen atoms in total. The Kier molecular flexibility index (Phi) is 2.30. The lowest BCUT2D eigenvalue weighted by Crippen LogP contribution is -2.17. The van der Waals surface area contributed by atoms with Gasteiger partial charge in [-0.25, -0.2) is 9.97 Å². The van der Waals surface area contributed by atoms with Crippen LogP contribution in [0.3, 0.4) is 0 Å². The van der Waals surface area contributed by atoms with Crippen molar-refractivity contribution in [3.05, 3.63) is 54.5 Å². The summed E-state index contributed by atoms with van der Waals surface area (Å²) in [6.07, 6.45) is 1.70. The van der Waals surface area contributed by atoms with Gasteiger partial charge in [0.15, 0.2) is 11.7 Å². The summed E-state index contributed by atoms with van der Waals surface area (Å²) in [7, 11) is 0. The Bertz CT molecular complexity index is 715. The van der Waals surface area contributed by atoms with Crippen LogP contribution in [-0.4, -0.2) is 20.4 Å². The summed E-state index contributed by atoms with van der Waals surface area (Å²) < 4.78 is 1.79. The molecule has 0 aliphatic carbocycles. The van der Waals surface area contributed by atoms with Crippen molar-refractivity contribution in [1.29, 1.82) is 5.41 Å². The van der Waals surface area contributed by atoms with Gasteiger partial charge < -0.3 is 5.73 Å². The predicted molar refractivity (Wildman–Crippen MR) is 69.9 cm³/mol. The topological polar surface area (TPSA) is 80.6 Å². The van der Waals surface area contributed by atoms with Gasteiger partial charge in [-0.2, -0.15) is 0 Å². The van der Waals surface area contributed by atoms with E-state index in [1.54, 1.807) is 10.8 Å². The molecule has 0 atom stereocenters. The summed E-state index contributed by atoms with van der Waals surface area (Å²) in [6, 6.07) is 13.2. The van der Waals surface area contributed by atoms with E-state index in [-0.39, 0.29) is 5.84 Å². The minimum absolute atomic E-state index is 0.0724. The number of hydrogen-bond donors (Lipinski definition) is 2. The van der Waals surface area contributed by atoms with Gasteiger partial charge in [-0.1, -0.05) is 18.2 Å². The van der Waals surface area contributed by atoms with E-state index >= 15 is 0 Å². The SMILES string of the molecule is N=C(N)c1nc2ccccc2n1-c1ccccn1. The van der Waals surface area contributed by atoms with E-state index in [9.17, 15) is 0 Å². The van der Waals surface area contributed by atoms with Crippen LogP contribution in [0.25, 0.3) is 16.9 Å². The quantitative estimate of drug-likeness (QED) is 0.526. The molecule has 18 heavy (non-hydrogen) atoms. The molecule has 3 rings (SSSR count). The van der Waals surface area contributed by atoms with Crippen LogP contribution in [-0.2, 0) is 0 Å². The smallest absolute Gasteiger partial charge is 0.181 e. The van der Waals surface area contributed by atoms with Gasteiger partial charge in [0, 0.05) is 6.20 Å². The van der Waals surface area contributed by atoms with Crippen molar-refractivity contribution in [1.82, 2.24) is 14.5 Å². The first-order valence-electron chi connectivity index (χ1n) is 5.50. The molecule has 0 fully saturated rings. The highest BCUT2D eigenvalue weighted by molar-refractivity contribution is 5.96.